The fourth-order valence-corrected chi connectivity index (χ4v) is 3.35. The van der Waals surface area contributed by atoms with E-state index in [0.717, 1.165) is 17.7 Å². The largest absolute Gasteiger partial charge is 0.310 e. The van der Waals surface area contributed by atoms with E-state index >= 15 is 0 Å². The number of benzene rings is 2. The summed E-state index contributed by atoms with van der Waals surface area (Å²) in [5, 5.41) is 3.32. The Labute approximate surface area is 140 Å². The standard InChI is InChI=1S/C16H15Br2F2N/c1-2-21-15(13-4-3-5-14(20)16(13)18)8-10-6-11(17)9-12(19)7-10/h3-7,9,15,21H,2,8H2,1H3. The summed E-state index contributed by atoms with van der Waals surface area (Å²) < 4.78 is 28.3. The molecule has 0 fully saturated rings. The summed E-state index contributed by atoms with van der Waals surface area (Å²) in [4.78, 5) is 0. The molecule has 0 aromatic heterocycles. The van der Waals surface area contributed by atoms with Crippen LogP contribution in [0, 0.1) is 11.6 Å². The van der Waals surface area contributed by atoms with Crippen molar-refractivity contribution in [3.8, 4) is 0 Å². The second kappa shape index (κ2) is 7.47. The van der Waals surface area contributed by atoms with Crippen molar-refractivity contribution in [2.75, 3.05) is 6.54 Å². The van der Waals surface area contributed by atoms with Crippen molar-refractivity contribution in [3.05, 3.63) is 68.1 Å². The van der Waals surface area contributed by atoms with E-state index in [1.165, 1.54) is 18.2 Å². The predicted molar refractivity (Wildman–Crippen MR) is 88.3 cm³/mol. The molecule has 0 radical (unpaired) electrons. The van der Waals surface area contributed by atoms with Gasteiger partial charge < -0.3 is 5.32 Å². The number of hydrogen-bond acceptors (Lipinski definition) is 1. The van der Waals surface area contributed by atoms with Gasteiger partial charge in [-0.3, -0.25) is 0 Å². The molecule has 0 aliphatic rings. The quantitative estimate of drug-likeness (QED) is 0.686. The molecule has 0 bridgehead atoms. The van der Waals surface area contributed by atoms with Crippen LogP contribution in [0.15, 0.2) is 45.3 Å². The minimum Gasteiger partial charge on any atom is -0.310 e. The molecule has 2 aromatic rings. The maximum atomic E-state index is 13.7. The van der Waals surface area contributed by atoms with Crippen LogP contribution in [0.4, 0.5) is 8.78 Å². The molecule has 5 heteroatoms. The monoisotopic (exact) mass is 417 g/mol. The lowest BCUT2D eigenvalue weighted by atomic mass is 9.98. The van der Waals surface area contributed by atoms with Gasteiger partial charge >= 0.3 is 0 Å². The van der Waals surface area contributed by atoms with Crippen LogP contribution in [0.25, 0.3) is 0 Å². The third kappa shape index (κ3) is 4.34. The smallest absolute Gasteiger partial charge is 0.137 e. The van der Waals surface area contributed by atoms with Gasteiger partial charge in [-0.25, -0.2) is 8.78 Å². The van der Waals surface area contributed by atoms with Crippen molar-refractivity contribution in [1.29, 1.82) is 0 Å². The predicted octanol–water partition coefficient (Wildman–Crippen LogP) is 5.38. The summed E-state index contributed by atoms with van der Waals surface area (Å²) in [6.07, 6.45) is 0.576. The highest BCUT2D eigenvalue weighted by Crippen LogP contribution is 2.29. The molecule has 0 aliphatic carbocycles. The maximum absolute atomic E-state index is 13.7. The van der Waals surface area contributed by atoms with E-state index in [9.17, 15) is 8.78 Å². The third-order valence-electron chi connectivity index (χ3n) is 3.17. The molecule has 0 spiro atoms. The van der Waals surface area contributed by atoms with E-state index in [-0.39, 0.29) is 17.7 Å². The fourth-order valence-electron chi connectivity index (χ4n) is 2.29. The van der Waals surface area contributed by atoms with Gasteiger partial charge in [0.05, 0.1) is 4.47 Å². The van der Waals surface area contributed by atoms with Gasteiger partial charge in [0.25, 0.3) is 0 Å². The van der Waals surface area contributed by atoms with Crippen LogP contribution in [-0.4, -0.2) is 6.54 Å². The third-order valence-corrected chi connectivity index (χ3v) is 4.46. The van der Waals surface area contributed by atoms with Crippen LogP contribution in [-0.2, 0) is 6.42 Å². The van der Waals surface area contributed by atoms with Crippen LogP contribution >= 0.6 is 31.9 Å². The highest BCUT2D eigenvalue weighted by molar-refractivity contribution is 9.10. The molecule has 112 valence electrons. The average Bonchev–Trinajstić information content (AvgIpc) is 2.40. The summed E-state index contributed by atoms with van der Waals surface area (Å²) in [6.45, 7) is 2.73. The minimum atomic E-state index is -0.296. The van der Waals surface area contributed by atoms with E-state index in [2.05, 4.69) is 37.2 Å². The number of hydrogen-bond donors (Lipinski definition) is 1. The molecular weight excluding hydrogens is 404 g/mol. The lowest BCUT2D eigenvalue weighted by Crippen LogP contribution is -2.23. The highest BCUT2D eigenvalue weighted by Gasteiger charge is 2.17. The molecule has 0 aliphatic heterocycles. The van der Waals surface area contributed by atoms with E-state index < -0.39 is 0 Å². The molecule has 1 atom stereocenters. The Kier molecular flexibility index (Phi) is 5.90. The lowest BCUT2D eigenvalue weighted by molar-refractivity contribution is 0.536. The van der Waals surface area contributed by atoms with E-state index in [1.54, 1.807) is 6.07 Å². The zero-order valence-corrected chi connectivity index (χ0v) is 14.6. The van der Waals surface area contributed by atoms with Gasteiger partial charge in [0.15, 0.2) is 0 Å². The summed E-state index contributed by atoms with van der Waals surface area (Å²) in [6, 6.07) is 9.67. The van der Waals surface area contributed by atoms with Gasteiger partial charge in [-0.1, -0.05) is 35.0 Å². The Balaban J connectivity index is 2.32. The second-order valence-corrected chi connectivity index (χ2v) is 6.44. The lowest BCUT2D eigenvalue weighted by Gasteiger charge is -2.20. The van der Waals surface area contributed by atoms with Crippen LogP contribution < -0.4 is 5.32 Å². The second-order valence-electron chi connectivity index (χ2n) is 4.74. The molecule has 2 rings (SSSR count). The molecule has 0 saturated heterocycles. The van der Waals surface area contributed by atoms with Crippen LogP contribution in [0.3, 0.4) is 0 Å². The van der Waals surface area contributed by atoms with Gasteiger partial charge in [-0.15, -0.1) is 0 Å². The van der Waals surface area contributed by atoms with Crippen LogP contribution in [0.1, 0.15) is 24.1 Å². The Morgan fingerprint density at radius 2 is 1.90 bits per heavy atom. The van der Waals surface area contributed by atoms with Crippen molar-refractivity contribution < 1.29 is 8.78 Å². The Hall–Kier alpha value is -0.780. The van der Waals surface area contributed by atoms with Crippen LogP contribution in [0.5, 0.6) is 0 Å². The zero-order chi connectivity index (χ0) is 15.4. The fraction of sp³-hybridized carbons (Fsp3) is 0.250. The highest BCUT2D eigenvalue weighted by atomic mass is 79.9. The van der Waals surface area contributed by atoms with Gasteiger partial charge in [0.2, 0.25) is 0 Å². The van der Waals surface area contributed by atoms with Gasteiger partial charge in [0, 0.05) is 10.5 Å². The van der Waals surface area contributed by atoms with E-state index in [1.807, 2.05) is 19.1 Å². The molecule has 1 N–H and O–H groups in total. The van der Waals surface area contributed by atoms with Gasteiger partial charge in [-0.2, -0.15) is 0 Å². The molecule has 0 heterocycles. The first kappa shape index (κ1) is 16.6. The molecule has 1 nitrogen and oxygen atoms in total. The molecular formula is C16H15Br2F2N. The summed E-state index contributed by atoms with van der Waals surface area (Å²) in [5.74, 6) is -0.580. The van der Waals surface area contributed by atoms with Crippen LogP contribution in [0.2, 0.25) is 0 Å². The Morgan fingerprint density at radius 3 is 2.57 bits per heavy atom. The van der Waals surface area contributed by atoms with E-state index in [4.69, 9.17) is 0 Å². The van der Waals surface area contributed by atoms with Gasteiger partial charge in [0.1, 0.15) is 11.6 Å². The summed E-state index contributed by atoms with van der Waals surface area (Å²) in [7, 11) is 0. The van der Waals surface area contributed by atoms with Crippen molar-refractivity contribution in [2.45, 2.75) is 19.4 Å². The first-order valence-corrected chi connectivity index (χ1v) is 8.22. The minimum absolute atomic E-state index is 0.0891. The number of rotatable bonds is 5. The zero-order valence-electron chi connectivity index (χ0n) is 11.5. The Bertz CT molecular complexity index is 611. The average molecular weight is 419 g/mol. The van der Waals surface area contributed by atoms with E-state index in [0.29, 0.717) is 15.4 Å². The Morgan fingerprint density at radius 1 is 1.14 bits per heavy atom. The number of halogens is 4. The molecule has 0 amide bonds. The SMILES string of the molecule is CCNC(Cc1cc(F)cc(Br)c1)c1cccc(F)c1Br. The maximum Gasteiger partial charge on any atom is 0.137 e. The number of nitrogens with one attached hydrogen (secondary N) is 1. The van der Waals surface area contributed by atoms with Crippen molar-refractivity contribution in [1.82, 2.24) is 5.32 Å². The molecule has 1 unspecified atom stereocenters. The van der Waals surface area contributed by atoms with Crippen molar-refractivity contribution >= 4 is 31.9 Å². The molecule has 0 saturated carbocycles. The molecule has 21 heavy (non-hydrogen) atoms. The first-order valence-electron chi connectivity index (χ1n) is 6.63. The normalized spacial score (nSPS) is 12.4. The first-order chi connectivity index (χ1) is 10.0. The molecule has 2 aromatic carbocycles. The van der Waals surface area contributed by atoms with Crippen molar-refractivity contribution in [2.24, 2.45) is 0 Å². The van der Waals surface area contributed by atoms with Gasteiger partial charge in [-0.05, 0) is 64.3 Å². The summed E-state index contributed by atoms with van der Waals surface area (Å²) >= 11 is 6.59. The topological polar surface area (TPSA) is 12.0 Å². The summed E-state index contributed by atoms with van der Waals surface area (Å²) in [5.41, 5.74) is 1.68. The number of likely N-dealkylation sites (N-methyl/N-ethyl adjacent to an activating group) is 1. The van der Waals surface area contributed by atoms with Crippen molar-refractivity contribution in [3.63, 3.8) is 0 Å².